The summed E-state index contributed by atoms with van der Waals surface area (Å²) < 4.78 is 16.4. The minimum absolute atomic E-state index is 0.271. The van der Waals surface area contributed by atoms with Crippen molar-refractivity contribution in [2.75, 3.05) is 26.9 Å². The van der Waals surface area contributed by atoms with Crippen molar-refractivity contribution in [3.63, 3.8) is 0 Å². The van der Waals surface area contributed by atoms with Crippen LogP contribution in [0.1, 0.15) is 29.6 Å². The molecule has 5 rings (SSSR count). The number of pyridine rings is 2. The Hall–Kier alpha value is -3.10. The van der Waals surface area contributed by atoms with Gasteiger partial charge >= 0.3 is 0 Å². The molecule has 2 unspecified atom stereocenters. The summed E-state index contributed by atoms with van der Waals surface area (Å²) in [5.74, 6) is 2.74. The molecule has 8 nitrogen and oxygen atoms in total. The summed E-state index contributed by atoms with van der Waals surface area (Å²) in [6, 6.07) is 7.67. The van der Waals surface area contributed by atoms with Crippen LogP contribution in [0.2, 0.25) is 0 Å². The molecule has 3 aromatic heterocycles. The molecule has 0 aromatic carbocycles. The largest absolute Gasteiger partial charge is 0.495 e. The SMILES string of the molecule is COc1ccc(C2CC2COc2nc(C)ncc2-c2ccc(C3(O)COC3)nc2)nc1. The van der Waals surface area contributed by atoms with Crippen molar-refractivity contribution in [2.24, 2.45) is 5.92 Å². The predicted molar refractivity (Wildman–Crippen MR) is 112 cm³/mol. The van der Waals surface area contributed by atoms with Crippen LogP contribution in [0.5, 0.6) is 11.6 Å². The summed E-state index contributed by atoms with van der Waals surface area (Å²) in [7, 11) is 1.64. The van der Waals surface area contributed by atoms with Crippen LogP contribution in [-0.2, 0) is 10.3 Å². The number of nitrogens with zero attached hydrogens (tertiary/aromatic N) is 4. The molecule has 4 heterocycles. The Labute approximate surface area is 180 Å². The van der Waals surface area contributed by atoms with Crippen molar-refractivity contribution in [2.45, 2.75) is 24.9 Å². The first kappa shape index (κ1) is 19.8. The maximum absolute atomic E-state index is 10.4. The van der Waals surface area contributed by atoms with E-state index in [1.165, 1.54) is 0 Å². The minimum atomic E-state index is -0.988. The zero-order valence-corrected chi connectivity index (χ0v) is 17.5. The first-order chi connectivity index (χ1) is 15.1. The van der Waals surface area contributed by atoms with Crippen LogP contribution >= 0.6 is 0 Å². The van der Waals surface area contributed by atoms with E-state index in [2.05, 4.69) is 19.9 Å². The van der Waals surface area contributed by atoms with Crippen LogP contribution in [0.15, 0.2) is 42.9 Å². The molecule has 2 atom stereocenters. The zero-order chi connectivity index (χ0) is 21.4. The van der Waals surface area contributed by atoms with Gasteiger partial charge in [0, 0.05) is 35.5 Å². The first-order valence-electron chi connectivity index (χ1n) is 10.3. The molecule has 2 aliphatic rings. The van der Waals surface area contributed by atoms with Gasteiger partial charge in [0.05, 0.1) is 44.4 Å². The van der Waals surface area contributed by atoms with E-state index in [4.69, 9.17) is 14.2 Å². The number of aryl methyl sites for hydroxylation is 1. The number of hydrogen-bond acceptors (Lipinski definition) is 8. The smallest absolute Gasteiger partial charge is 0.224 e. The Balaban J connectivity index is 1.28. The highest BCUT2D eigenvalue weighted by Crippen LogP contribution is 2.47. The third-order valence-corrected chi connectivity index (χ3v) is 5.84. The van der Waals surface area contributed by atoms with Crippen LogP contribution in [0.4, 0.5) is 0 Å². The van der Waals surface area contributed by atoms with Gasteiger partial charge in [0.1, 0.15) is 11.6 Å². The Morgan fingerprint density at radius 1 is 1.10 bits per heavy atom. The van der Waals surface area contributed by atoms with Crippen molar-refractivity contribution in [1.29, 1.82) is 0 Å². The molecule has 2 fully saturated rings. The molecule has 1 aliphatic carbocycles. The quantitative estimate of drug-likeness (QED) is 0.623. The van der Waals surface area contributed by atoms with Gasteiger partial charge in [0.2, 0.25) is 5.88 Å². The maximum atomic E-state index is 10.4. The van der Waals surface area contributed by atoms with Gasteiger partial charge in [-0.05, 0) is 31.5 Å². The molecule has 1 aliphatic heterocycles. The van der Waals surface area contributed by atoms with Gasteiger partial charge < -0.3 is 19.3 Å². The lowest BCUT2D eigenvalue weighted by Crippen LogP contribution is -2.47. The van der Waals surface area contributed by atoms with Gasteiger partial charge in [-0.25, -0.2) is 4.98 Å². The molecular weight excluding hydrogens is 396 g/mol. The lowest BCUT2D eigenvalue weighted by atomic mass is 9.96. The average molecular weight is 420 g/mol. The number of rotatable bonds is 7. The van der Waals surface area contributed by atoms with Crippen LogP contribution in [0.25, 0.3) is 11.1 Å². The van der Waals surface area contributed by atoms with E-state index >= 15 is 0 Å². The van der Waals surface area contributed by atoms with Crippen molar-refractivity contribution in [3.8, 4) is 22.8 Å². The van der Waals surface area contributed by atoms with Crippen molar-refractivity contribution in [3.05, 3.63) is 60.1 Å². The van der Waals surface area contributed by atoms with Gasteiger partial charge in [-0.2, -0.15) is 4.98 Å². The normalized spacial score (nSPS) is 21.3. The lowest BCUT2D eigenvalue weighted by Gasteiger charge is -2.35. The lowest BCUT2D eigenvalue weighted by molar-refractivity contribution is -0.186. The standard InChI is InChI=1S/C23H24N4O4/c1-14-24-10-19(15-3-6-21(26-8-15)23(28)12-30-13-23)22(27-14)31-11-16-7-18(16)20-5-4-17(29-2)9-25-20/h3-6,8-10,16,18,28H,7,11-13H2,1-2H3. The van der Waals surface area contributed by atoms with E-state index in [0.717, 1.165) is 29.0 Å². The third kappa shape index (κ3) is 3.96. The molecule has 0 spiro atoms. The summed E-state index contributed by atoms with van der Waals surface area (Å²) in [4.78, 5) is 17.7. The highest BCUT2D eigenvalue weighted by Gasteiger charge is 2.40. The van der Waals surface area contributed by atoms with Crippen molar-refractivity contribution < 1.29 is 19.3 Å². The third-order valence-electron chi connectivity index (χ3n) is 5.84. The summed E-state index contributed by atoms with van der Waals surface area (Å²) in [6.07, 6.45) is 6.26. The first-order valence-corrected chi connectivity index (χ1v) is 10.3. The Morgan fingerprint density at radius 3 is 2.61 bits per heavy atom. The second kappa shape index (κ2) is 7.86. The highest BCUT2D eigenvalue weighted by molar-refractivity contribution is 5.67. The number of ether oxygens (including phenoxy) is 3. The van der Waals surface area contributed by atoms with E-state index in [9.17, 15) is 5.11 Å². The van der Waals surface area contributed by atoms with E-state index in [-0.39, 0.29) is 13.2 Å². The molecule has 0 amide bonds. The van der Waals surface area contributed by atoms with Gasteiger partial charge in [0.25, 0.3) is 0 Å². The summed E-state index contributed by atoms with van der Waals surface area (Å²) in [5.41, 5.74) is 2.29. The number of aromatic nitrogens is 4. The Kier molecular flexibility index (Phi) is 5.03. The summed E-state index contributed by atoms with van der Waals surface area (Å²) in [5, 5.41) is 10.4. The van der Waals surface area contributed by atoms with Gasteiger partial charge in [-0.15, -0.1) is 0 Å². The molecule has 0 radical (unpaired) electrons. The fourth-order valence-corrected chi connectivity index (χ4v) is 3.74. The molecule has 3 aromatic rings. The van der Waals surface area contributed by atoms with Crippen LogP contribution in [0, 0.1) is 12.8 Å². The number of aliphatic hydroxyl groups is 1. The van der Waals surface area contributed by atoms with E-state index < -0.39 is 5.60 Å². The number of hydrogen-bond donors (Lipinski definition) is 1. The molecule has 31 heavy (non-hydrogen) atoms. The van der Waals surface area contributed by atoms with Gasteiger partial charge in [0.15, 0.2) is 5.60 Å². The summed E-state index contributed by atoms with van der Waals surface area (Å²) in [6.45, 7) is 2.94. The molecule has 1 N–H and O–H groups in total. The van der Waals surface area contributed by atoms with Crippen molar-refractivity contribution in [1.82, 2.24) is 19.9 Å². The summed E-state index contributed by atoms with van der Waals surface area (Å²) >= 11 is 0. The van der Waals surface area contributed by atoms with Crippen LogP contribution < -0.4 is 9.47 Å². The minimum Gasteiger partial charge on any atom is -0.495 e. The predicted octanol–water partition coefficient (Wildman–Crippen LogP) is 2.65. The van der Waals surface area contributed by atoms with Crippen LogP contribution in [-0.4, -0.2) is 52.0 Å². The zero-order valence-electron chi connectivity index (χ0n) is 17.5. The number of methoxy groups -OCH3 is 1. The Bertz CT molecular complexity index is 1070. The molecule has 1 saturated heterocycles. The molecular formula is C23H24N4O4. The average Bonchev–Trinajstić information content (AvgIpc) is 3.56. The molecule has 8 heteroatoms. The fourth-order valence-electron chi connectivity index (χ4n) is 3.74. The highest BCUT2D eigenvalue weighted by atomic mass is 16.5. The van der Waals surface area contributed by atoms with Crippen molar-refractivity contribution >= 4 is 0 Å². The fraction of sp³-hybridized carbons (Fsp3) is 0.391. The molecule has 1 saturated carbocycles. The monoisotopic (exact) mass is 420 g/mol. The van der Waals surface area contributed by atoms with Gasteiger partial charge in [-0.3, -0.25) is 9.97 Å². The topological polar surface area (TPSA) is 99.5 Å². The van der Waals surface area contributed by atoms with Crippen LogP contribution in [0.3, 0.4) is 0 Å². The maximum Gasteiger partial charge on any atom is 0.224 e. The van der Waals surface area contributed by atoms with E-state index in [1.807, 2.05) is 31.2 Å². The Morgan fingerprint density at radius 2 is 1.97 bits per heavy atom. The second-order valence-electron chi connectivity index (χ2n) is 8.13. The van der Waals surface area contributed by atoms with E-state index in [1.54, 1.807) is 25.7 Å². The van der Waals surface area contributed by atoms with E-state index in [0.29, 0.717) is 35.8 Å². The van der Waals surface area contributed by atoms with Gasteiger partial charge in [-0.1, -0.05) is 6.07 Å². The molecule has 0 bridgehead atoms. The molecule has 160 valence electrons. The second-order valence-corrected chi connectivity index (χ2v) is 8.13.